The second-order valence-electron chi connectivity index (χ2n) is 5.24. The average Bonchev–Trinajstić information content (AvgIpc) is 2.69. The minimum absolute atomic E-state index is 0.190. The van der Waals surface area contributed by atoms with Crippen LogP contribution in [0.3, 0.4) is 0 Å². The van der Waals surface area contributed by atoms with Crippen molar-refractivity contribution in [1.82, 2.24) is 5.43 Å². The molecule has 0 atom stereocenters. The molecule has 0 saturated carbocycles. The lowest BCUT2D eigenvalue weighted by Crippen LogP contribution is -2.19. The quantitative estimate of drug-likeness (QED) is 0.323. The maximum Gasteiger partial charge on any atom is 0.513 e. The van der Waals surface area contributed by atoms with E-state index in [9.17, 15) is 9.59 Å². The van der Waals surface area contributed by atoms with Crippen LogP contribution >= 0.6 is 11.8 Å². The van der Waals surface area contributed by atoms with Crippen LogP contribution in [0.15, 0.2) is 53.6 Å². The summed E-state index contributed by atoms with van der Waals surface area (Å²) in [7, 11) is 2.67. The van der Waals surface area contributed by atoms with Gasteiger partial charge in [-0.05, 0) is 29.3 Å². The molecular weight excluding hydrogens is 368 g/mol. The van der Waals surface area contributed by atoms with E-state index in [0.717, 1.165) is 5.75 Å². The summed E-state index contributed by atoms with van der Waals surface area (Å²) in [6, 6.07) is 14.8. The summed E-state index contributed by atoms with van der Waals surface area (Å²) in [6.45, 7) is 0. The molecule has 1 N–H and O–H groups in total. The Morgan fingerprint density at radius 2 is 1.89 bits per heavy atom. The maximum absolute atomic E-state index is 11.8. The molecule has 0 bridgehead atoms. The number of carbonyl (C=O) groups is 2. The molecule has 0 unspecified atom stereocenters. The highest BCUT2D eigenvalue weighted by molar-refractivity contribution is 7.99. The lowest BCUT2D eigenvalue weighted by molar-refractivity contribution is -0.118. The molecule has 2 rings (SSSR count). The van der Waals surface area contributed by atoms with E-state index in [4.69, 9.17) is 9.47 Å². The predicted molar refractivity (Wildman–Crippen MR) is 104 cm³/mol. The molecule has 0 aliphatic rings. The van der Waals surface area contributed by atoms with Crippen LogP contribution < -0.4 is 14.9 Å². The fraction of sp³-hybridized carbons (Fsp3) is 0.211. The number of hydrogen-bond donors (Lipinski definition) is 1. The Kier molecular flexibility index (Phi) is 8.18. The molecule has 0 aromatic heterocycles. The van der Waals surface area contributed by atoms with E-state index in [1.807, 2.05) is 30.3 Å². The highest BCUT2D eigenvalue weighted by atomic mass is 32.2. The number of benzene rings is 2. The van der Waals surface area contributed by atoms with Crippen LogP contribution in [0.2, 0.25) is 0 Å². The number of methoxy groups -OCH3 is 2. The van der Waals surface area contributed by atoms with Crippen LogP contribution in [0.1, 0.15) is 11.1 Å². The molecule has 0 saturated heterocycles. The third kappa shape index (κ3) is 7.02. The van der Waals surface area contributed by atoms with Crippen molar-refractivity contribution in [3.8, 4) is 11.5 Å². The smallest absolute Gasteiger partial charge is 0.493 e. The fourth-order valence-corrected chi connectivity index (χ4v) is 2.81. The Morgan fingerprint density at radius 1 is 1.11 bits per heavy atom. The number of carbonyl (C=O) groups excluding carboxylic acids is 2. The van der Waals surface area contributed by atoms with Gasteiger partial charge >= 0.3 is 6.16 Å². The lowest BCUT2D eigenvalue weighted by Gasteiger charge is -2.08. The first kappa shape index (κ1) is 20.3. The van der Waals surface area contributed by atoms with Crippen molar-refractivity contribution < 1.29 is 23.8 Å². The van der Waals surface area contributed by atoms with Crippen LogP contribution in [0.4, 0.5) is 4.79 Å². The Labute approximate surface area is 161 Å². The van der Waals surface area contributed by atoms with Gasteiger partial charge in [-0.2, -0.15) is 5.10 Å². The number of thioether (sulfide) groups is 1. The first-order chi connectivity index (χ1) is 13.1. The highest BCUT2D eigenvalue weighted by Gasteiger charge is 2.10. The van der Waals surface area contributed by atoms with Crippen molar-refractivity contribution in [2.24, 2.45) is 5.10 Å². The zero-order valence-corrected chi connectivity index (χ0v) is 15.8. The summed E-state index contributed by atoms with van der Waals surface area (Å²) in [5.74, 6) is 1.44. The topological polar surface area (TPSA) is 86.2 Å². The van der Waals surface area contributed by atoms with E-state index < -0.39 is 6.16 Å². The molecule has 7 nitrogen and oxygen atoms in total. The van der Waals surface area contributed by atoms with E-state index in [1.165, 1.54) is 37.8 Å². The van der Waals surface area contributed by atoms with Crippen molar-refractivity contribution in [2.75, 3.05) is 20.0 Å². The van der Waals surface area contributed by atoms with E-state index >= 15 is 0 Å². The second kappa shape index (κ2) is 10.9. The van der Waals surface area contributed by atoms with Crippen LogP contribution in [-0.2, 0) is 15.3 Å². The average molecular weight is 388 g/mol. The van der Waals surface area contributed by atoms with E-state index in [2.05, 4.69) is 15.3 Å². The SMILES string of the molecule is COC(=O)Oc1ccc(C=NNC(=O)CSCc2ccccc2)cc1OC. The number of ether oxygens (including phenoxy) is 3. The first-order valence-electron chi connectivity index (χ1n) is 7.99. The summed E-state index contributed by atoms with van der Waals surface area (Å²) < 4.78 is 14.6. The van der Waals surface area contributed by atoms with Gasteiger partial charge in [0.25, 0.3) is 0 Å². The molecule has 2 aromatic carbocycles. The molecule has 8 heteroatoms. The standard InChI is InChI=1S/C19H20N2O5S/c1-24-17-10-15(8-9-16(17)26-19(23)25-2)11-20-21-18(22)13-27-12-14-6-4-3-5-7-14/h3-11H,12-13H2,1-2H3,(H,21,22). The van der Waals surface area contributed by atoms with Crippen LogP contribution in [0.5, 0.6) is 11.5 Å². The Morgan fingerprint density at radius 3 is 2.59 bits per heavy atom. The number of nitrogens with zero attached hydrogens (tertiary/aromatic N) is 1. The van der Waals surface area contributed by atoms with E-state index in [-0.39, 0.29) is 11.7 Å². The summed E-state index contributed by atoms with van der Waals surface area (Å²) in [5.41, 5.74) is 4.31. The fourth-order valence-electron chi connectivity index (χ4n) is 2.03. The van der Waals surface area contributed by atoms with Crippen LogP contribution in [0.25, 0.3) is 0 Å². The molecule has 27 heavy (non-hydrogen) atoms. The summed E-state index contributed by atoms with van der Waals surface area (Å²) in [4.78, 5) is 23.0. The van der Waals surface area contributed by atoms with Crippen molar-refractivity contribution in [3.63, 3.8) is 0 Å². The first-order valence-corrected chi connectivity index (χ1v) is 9.15. The Balaban J connectivity index is 1.82. The van der Waals surface area contributed by atoms with Crippen molar-refractivity contribution >= 4 is 30.0 Å². The van der Waals surface area contributed by atoms with Gasteiger partial charge in [0, 0.05) is 5.75 Å². The number of amides is 1. The largest absolute Gasteiger partial charge is 0.513 e. The molecule has 0 heterocycles. The summed E-state index contributed by atoms with van der Waals surface area (Å²) >= 11 is 1.51. The number of hydrogen-bond acceptors (Lipinski definition) is 7. The van der Waals surface area contributed by atoms with Gasteiger partial charge in [-0.3, -0.25) is 4.79 Å². The third-order valence-electron chi connectivity index (χ3n) is 3.30. The molecule has 0 aliphatic heterocycles. The molecule has 0 aliphatic carbocycles. The van der Waals surface area contributed by atoms with Gasteiger partial charge in [0.05, 0.1) is 26.2 Å². The Hall–Kier alpha value is -3.00. The van der Waals surface area contributed by atoms with E-state index in [1.54, 1.807) is 18.2 Å². The summed E-state index contributed by atoms with van der Waals surface area (Å²) in [5, 5.41) is 3.92. The molecule has 2 aromatic rings. The van der Waals surface area contributed by atoms with Gasteiger partial charge in [-0.25, -0.2) is 10.2 Å². The Bertz CT molecular complexity index is 796. The van der Waals surface area contributed by atoms with Crippen molar-refractivity contribution in [2.45, 2.75) is 5.75 Å². The molecule has 142 valence electrons. The van der Waals surface area contributed by atoms with Crippen molar-refractivity contribution in [3.05, 3.63) is 59.7 Å². The normalized spacial score (nSPS) is 10.4. The highest BCUT2D eigenvalue weighted by Crippen LogP contribution is 2.27. The van der Waals surface area contributed by atoms with Gasteiger partial charge < -0.3 is 14.2 Å². The van der Waals surface area contributed by atoms with Crippen LogP contribution in [-0.4, -0.2) is 38.2 Å². The minimum Gasteiger partial charge on any atom is -0.493 e. The van der Waals surface area contributed by atoms with E-state index in [0.29, 0.717) is 17.1 Å². The van der Waals surface area contributed by atoms with Gasteiger partial charge in [-0.15, -0.1) is 11.8 Å². The number of hydrazone groups is 1. The monoisotopic (exact) mass is 388 g/mol. The number of nitrogens with one attached hydrogen (secondary N) is 1. The number of rotatable bonds is 8. The predicted octanol–water partition coefficient (Wildman–Crippen LogP) is 3.22. The second-order valence-corrected chi connectivity index (χ2v) is 6.22. The van der Waals surface area contributed by atoms with Gasteiger partial charge in [0.15, 0.2) is 11.5 Å². The van der Waals surface area contributed by atoms with Gasteiger partial charge in [0.1, 0.15) is 0 Å². The lowest BCUT2D eigenvalue weighted by atomic mass is 10.2. The third-order valence-corrected chi connectivity index (χ3v) is 4.30. The van der Waals surface area contributed by atoms with Crippen LogP contribution in [0, 0.1) is 0 Å². The van der Waals surface area contributed by atoms with Gasteiger partial charge in [0.2, 0.25) is 5.91 Å². The maximum atomic E-state index is 11.8. The molecule has 0 radical (unpaired) electrons. The molecule has 1 amide bonds. The molecular formula is C19H20N2O5S. The zero-order chi connectivity index (χ0) is 19.5. The summed E-state index contributed by atoms with van der Waals surface area (Å²) in [6.07, 6.45) is 0.638. The minimum atomic E-state index is -0.838. The molecule has 0 spiro atoms. The van der Waals surface area contributed by atoms with Crippen molar-refractivity contribution in [1.29, 1.82) is 0 Å². The van der Waals surface area contributed by atoms with Gasteiger partial charge in [-0.1, -0.05) is 30.3 Å². The molecule has 0 fully saturated rings. The zero-order valence-electron chi connectivity index (χ0n) is 15.0.